The average molecular weight is 349 g/mol. The first kappa shape index (κ1) is 16.1. The van der Waals surface area contributed by atoms with Crippen LogP contribution in [0.1, 0.15) is 15.9 Å². The Kier molecular flexibility index (Phi) is 4.27. The zero-order chi connectivity index (χ0) is 17.9. The fraction of sp³-hybridized carbons (Fsp3) is 0.0952. The van der Waals surface area contributed by atoms with Crippen LogP contribution in [-0.2, 0) is 6.42 Å². The lowest BCUT2D eigenvalue weighted by atomic mass is 10.1. The molecule has 0 atom stereocenters. The molecule has 1 amide bonds. The molecule has 3 aromatic rings. The molecule has 1 heterocycles. The molecule has 0 radical (unpaired) electrons. The number of amides is 1. The molecule has 0 unspecified atom stereocenters. The van der Waals surface area contributed by atoms with Crippen molar-refractivity contribution in [3.05, 3.63) is 83.7 Å². The molecule has 0 fully saturated rings. The fourth-order valence-electron chi connectivity index (χ4n) is 2.84. The molecule has 0 aromatic heterocycles. The number of anilines is 1. The number of nitrogens with one attached hydrogen (secondary N) is 1. The van der Waals surface area contributed by atoms with Gasteiger partial charge in [0, 0.05) is 12.0 Å². The van der Waals surface area contributed by atoms with Crippen LogP contribution in [0.3, 0.4) is 0 Å². The summed E-state index contributed by atoms with van der Waals surface area (Å²) < 4.78 is 25.5. The second kappa shape index (κ2) is 6.88. The largest absolute Gasteiger partial charge is 0.493 e. The monoisotopic (exact) mass is 349 g/mol. The number of hydrogen-bond donors (Lipinski definition) is 1. The molecule has 0 spiro atoms. The zero-order valence-corrected chi connectivity index (χ0v) is 13.9. The van der Waals surface area contributed by atoms with E-state index in [2.05, 4.69) is 5.32 Å². The Balaban J connectivity index is 1.60. The molecule has 0 saturated carbocycles. The number of carbonyl (C=O) groups is 1. The smallest absolute Gasteiger partial charge is 0.255 e. The molecule has 0 bridgehead atoms. The van der Waals surface area contributed by atoms with Crippen molar-refractivity contribution in [2.45, 2.75) is 6.42 Å². The first-order chi connectivity index (χ1) is 12.7. The SMILES string of the molecule is O=C(Nc1c(F)cccc1Oc1ccccc1)c1ccc2c(c1)CCO2. The van der Waals surface area contributed by atoms with E-state index >= 15 is 0 Å². The Morgan fingerprint density at radius 2 is 1.88 bits per heavy atom. The zero-order valence-electron chi connectivity index (χ0n) is 13.9. The van der Waals surface area contributed by atoms with Crippen molar-refractivity contribution in [1.82, 2.24) is 0 Å². The maximum atomic E-state index is 14.3. The van der Waals surface area contributed by atoms with Crippen molar-refractivity contribution in [1.29, 1.82) is 0 Å². The third-order valence-electron chi connectivity index (χ3n) is 4.14. The summed E-state index contributed by atoms with van der Waals surface area (Å²) in [6.45, 7) is 0.614. The molecule has 5 heteroatoms. The van der Waals surface area contributed by atoms with Crippen molar-refractivity contribution in [2.24, 2.45) is 0 Å². The lowest BCUT2D eigenvalue weighted by molar-refractivity contribution is 0.102. The van der Waals surface area contributed by atoms with Crippen molar-refractivity contribution in [2.75, 3.05) is 11.9 Å². The molecule has 1 aliphatic heterocycles. The number of fused-ring (bicyclic) bond motifs is 1. The molecular weight excluding hydrogens is 333 g/mol. The third-order valence-corrected chi connectivity index (χ3v) is 4.14. The molecule has 1 N–H and O–H groups in total. The number of rotatable bonds is 4. The summed E-state index contributed by atoms with van der Waals surface area (Å²) in [4.78, 5) is 12.6. The summed E-state index contributed by atoms with van der Waals surface area (Å²) in [7, 11) is 0. The van der Waals surface area contributed by atoms with Gasteiger partial charge in [0.2, 0.25) is 0 Å². The van der Waals surface area contributed by atoms with E-state index in [1.807, 2.05) is 18.2 Å². The minimum Gasteiger partial charge on any atom is -0.493 e. The van der Waals surface area contributed by atoms with Gasteiger partial charge in [0.1, 0.15) is 17.2 Å². The predicted octanol–water partition coefficient (Wildman–Crippen LogP) is 4.81. The quantitative estimate of drug-likeness (QED) is 0.736. The molecule has 4 rings (SSSR count). The highest BCUT2D eigenvalue weighted by molar-refractivity contribution is 6.05. The fourth-order valence-corrected chi connectivity index (χ4v) is 2.84. The lowest BCUT2D eigenvalue weighted by Crippen LogP contribution is -2.14. The van der Waals surface area contributed by atoms with Crippen molar-refractivity contribution in [3.8, 4) is 17.2 Å². The topological polar surface area (TPSA) is 47.6 Å². The number of benzene rings is 3. The molecule has 0 aliphatic carbocycles. The highest BCUT2D eigenvalue weighted by atomic mass is 19.1. The Hall–Kier alpha value is -3.34. The maximum absolute atomic E-state index is 14.3. The molecule has 26 heavy (non-hydrogen) atoms. The van der Waals surface area contributed by atoms with E-state index < -0.39 is 11.7 Å². The summed E-state index contributed by atoms with van der Waals surface area (Å²) in [6.07, 6.45) is 0.762. The number of halogens is 1. The van der Waals surface area contributed by atoms with Crippen LogP contribution in [0.25, 0.3) is 0 Å². The Bertz CT molecular complexity index is 957. The van der Waals surface area contributed by atoms with Gasteiger partial charge >= 0.3 is 0 Å². The first-order valence-corrected chi connectivity index (χ1v) is 8.29. The van der Waals surface area contributed by atoms with Crippen LogP contribution in [0.15, 0.2) is 66.7 Å². The van der Waals surface area contributed by atoms with Gasteiger partial charge in [0.05, 0.1) is 6.61 Å². The Morgan fingerprint density at radius 1 is 1.04 bits per heavy atom. The Labute approximate surface area is 150 Å². The van der Waals surface area contributed by atoms with Crippen LogP contribution < -0.4 is 14.8 Å². The van der Waals surface area contributed by atoms with Crippen molar-refractivity contribution < 1.29 is 18.7 Å². The Morgan fingerprint density at radius 3 is 2.73 bits per heavy atom. The number of para-hydroxylation sites is 2. The molecule has 130 valence electrons. The van der Waals surface area contributed by atoms with Crippen LogP contribution in [0.5, 0.6) is 17.2 Å². The normalized spacial score (nSPS) is 12.2. The van der Waals surface area contributed by atoms with E-state index in [9.17, 15) is 9.18 Å². The molecule has 0 saturated heterocycles. The van der Waals surface area contributed by atoms with E-state index in [0.717, 1.165) is 17.7 Å². The second-order valence-electron chi connectivity index (χ2n) is 5.90. The van der Waals surface area contributed by atoms with E-state index in [-0.39, 0.29) is 11.4 Å². The summed E-state index contributed by atoms with van der Waals surface area (Å²) >= 11 is 0. The number of ether oxygens (including phenoxy) is 2. The number of hydrogen-bond acceptors (Lipinski definition) is 3. The van der Waals surface area contributed by atoms with Gasteiger partial charge < -0.3 is 14.8 Å². The van der Waals surface area contributed by atoms with E-state index in [1.54, 1.807) is 36.4 Å². The first-order valence-electron chi connectivity index (χ1n) is 8.29. The van der Waals surface area contributed by atoms with Crippen LogP contribution in [0.2, 0.25) is 0 Å². The maximum Gasteiger partial charge on any atom is 0.255 e. The third kappa shape index (κ3) is 3.24. The van der Waals surface area contributed by atoms with Gasteiger partial charge in [0.25, 0.3) is 5.91 Å². The summed E-state index contributed by atoms with van der Waals surface area (Å²) in [6, 6.07) is 18.7. The highest BCUT2D eigenvalue weighted by Gasteiger charge is 2.18. The van der Waals surface area contributed by atoms with Crippen LogP contribution in [0.4, 0.5) is 10.1 Å². The van der Waals surface area contributed by atoms with Gasteiger partial charge in [-0.2, -0.15) is 0 Å². The second-order valence-corrected chi connectivity index (χ2v) is 5.90. The summed E-state index contributed by atoms with van der Waals surface area (Å²) in [5, 5.41) is 2.63. The summed E-state index contributed by atoms with van der Waals surface area (Å²) in [5.74, 6) is 0.636. The van der Waals surface area contributed by atoms with Gasteiger partial charge in [-0.25, -0.2) is 4.39 Å². The minimum atomic E-state index is -0.559. The minimum absolute atomic E-state index is 0.0121. The average Bonchev–Trinajstić information content (AvgIpc) is 3.13. The van der Waals surface area contributed by atoms with Gasteiger partial charge in [-0.05, 0) is 48.0 Å². The van der Waals surface area contributed by atoms with Crippen LogP contribution in [-0.4, -0.2) is 12.5 Å². The van der Waals surface area contributed by atoms with Crippen molar-refractivity contribution in [3.63, 3.8) is 0 Å². The van der Waals surface area contributed by atoms with E-state index in [4.69, 9.17) is 9.47 Å². The molecular formula is C21H16FNO3. The lowest BCUT2D eigenvalue weighted by Gasteiger charge is -2.13. The van der Waals surface area contributed by atoms with Gasteiger partial charge in [0.15, 0.2) is 11.6 Å². The van der Waals surface area contributed by atoms with Gasteiger partial charge in [-0.1, -0.05) is 24.3 Å². The number of carbonyl (C=O) groups excluding carboxylic acids is 1. The van der Waals surface area contributed by atoms with Crippen LogP contribution in [0, 0.1) is 5.82 Å². The summed E-state index contributed by atoms with van der Waals surface area (Å²) in [5.41, 5.74) is 1.44. The van der Waals surface area contributed by atoms with E-state index in [0.29, 0.717) is 17.9 Å². The van der Waals surface area contributed by atoms with Gasteiger partial charge in [-0.3, -0.25) is 4.79 Å². The molecule has 3 aromatic carbocycles. The standard InChI is InChI=1S/C21H16FNO3/c22-17-7-4-8-19(26-16-5-2-1-3-6-16)20(17)23-21(24)15-9-10-18-14(13-15)11-12-25-18/h1-10,13H,11-12H2,(H,23,24). The molecule has 4 nitrogen and oxygen atoms in total. The predicted molar refractivity (Wildman–Crippen MR) is 96.5 cm³/mol. The van der Waals surface area contributed by atoms with Gasteiger partial charge in [-0.15, -0.1) is 0 Å². The van der Waals surface area contributed by atoms with E-state index in [1.165, 1.54) is 12.1 Å². The van der Waals surface area contributed by atoms with Crippen molar-refractivity contribution >= 4 is 11.6 Å². The molecule has 1 aliphatic rings. The highest BCUT2D eigenvalue weighted by Crippen LogP contribution is 2.32. The van der Waals surface area contributed by atoms with Crippen LogP contribution >= 0.6 is 0 Å².